The summed E-state index contributed by atoms with van der Waals surface area (Å²) in [6.45, 7) is 8.83. The molecule has 8 nitrogen and oxygen atoms in total. The molecule has 1 aromatic carbocycles. The van der Waals surface area contributed by atoms with Gasteiger partial charge in [0.2, 0.25) is 0 Å². The van der Waals surface area contributed by atoms with E-state index in [1.807, 2.05) is 30.4 Å². The summed E-state index contributed by atoms with van der Waals surface area (Å²) >= 11 is 0. The molecule has 170 valence electrons. The van der Waals surface area contributed by atoms with E-state index in [9.17, 15) is 8.78 Å². The number of rotatable bonds is 8. The Morgan fingerprint density at radius 2 is 1.97 bits per heavy atom. The van der Waals surface area contributed by atoms with Gasteiger partial charge in [0.1, 0.15) is 24.0 Å². The number of aliphatic imine (C=N–C) groups is 1. The van der Waals surface area contributed by atoms with E-state index in [0.717, 1.165) is 36.6 Å². The van der Waals surface area contributed by atoms with Crippen molar-refractivity contribution >= 4 is 11.6 Å². The van der Waals surface area contributed by atoms with Crippen molar-refractivity contribution in [1.29, 1.82) is 0 Å². The summed E-state index contributed by atoms with van der Waals surface area (Å²) in [7, 11) is 1.92. The van der Waals surface area contributed by atoms with Gasteiger partial charge in [0.15, 0.2) is 11.8 Å². The normalized spacial score (nSPS) is 14.9. The van der Waals surface area contributed by atoms with Gasteiger partial charge in [-0.2, -0.15) is 0 Å². The van der Waals surface area contributed by atoms with E-state index in [1.165, 1.54) is 12.1 Å². The molecule has 1 aliphatic heterocycles. The number of anilines is 1. The van der Waals surface area contributed by atoms with Crippen molar-refractivity contribution < 1.29 is 13.5 Å². The molecular weight excluding hydrogens is 404 g/mol. The van der Waals surface area contributed by atoms with Crippen LogP contribution in [0.15, 0.2) is 23.2 Å². The number of piperazine rings is 1. The van der Waals surface area contributed by atoms with Crippen molar-refractivity contribution in [3.05, 3.63) is 41.5 Å². The topological polar surface area (TPSA) is 70.8 Å². The van der Waals surface area contributed by atoms with Gasteiger partial charge < -0.3 is 24.4 Å². The molecule has 2 heterocycles. The fourth-order valence-corrected chi connectivity index (χ4v) is 3.41. The number of nitrogens with zero attached hydrogens (tertiary/aromatic N) is 6. The van der Waals surface area contributed by atoms with Crippen LogP contribution in [-0.4, -0.2) is 71.6 Å². The van der Waals surface area contributed by atoms with Crippen LogP contribution in [0.3, 0.4) is 0 Å². The third kappa shape index (κ3) is 6.13. The molecule has 0 unspecified atom stereocenters. The van der Waals surface area contributed by atoms with Gasteiger partial charge in [-0.25, -0.2) is 13.8 Å². The van der Waals surface area contributed by atoms with Gasteiger partial charge >= 0.3 is 0 Å². The Morgan fingerprint density at radius 1 is 1.19 bits per heavy atom. The Hall–Kier alpha value is -2.75. The van der Waals surface area contributed by atoms with Gasteiger partial charge in [-0.05, 0) is 32.4 Å². The molecule has 1 saturated heterocycles. The molecule has 1 aromatic heterocycles. The Balaban J connectivity index is 1.65. The lowest BCUT2D eigenvalue weighted by Crippen LogP contribution is -2.53. The van der Waals surface area contributed by atoms with E-state index >= 15 is 0 Å². The van der Waals surface area contributed by atoms with E-state index < -0.39 is 11.6 Å². The number of guanidine groups is 1. The van der Waals surface area contributed by atoms with Gasteiger partial charge in [-0.3, -0.25) is 0 Å². The van der Waals surface area contributed by atoms with Gasteiger partial charge in [-0.15, -0.1) is 10.2 Å². The van der Waals surface area contributed by atoms with Crippen LogP contribution in [0.5, 0.6) is 0 Å². The predicted octanol–water partition coefficient (Wildman–Crippen LogP) is 2.10. The summed E-state index contributed by atoms with van der Waals surface area (Å²) in [5.41, 5.74) is 0.303. The summed E-state index contributed by atoms with van der Waals surface area (Å²) in [5.74, 6) is 1.55. The monoisotopic (exact) mass is 435 g/mol. The second-order valence-corrected chi connectivity index (χ2v) is 7.41. The first-order valence-electron chi connectivity index (χ1n) is 10.7. The van der Waals surface area contributed by atoms with Crippen molar-refractivity contribution in [3.8, 4) is 0 Å². The van der Waals surface area contributed by atoms with Gasteiger partial charge in [0.05, 0.1) is 5.69 Å². The first kappa shape index (κ1) is 22.9. The quantitative estimate of drug-likeness (QED) is 0.389. The standard InChI is InChI=1S/C21H31F2N7O/c1-4-31-13-5-8-24-21(25-15-20-27-26-16(2)28(20)3)30-11-9-29(10-12-30)19-14-17(22)6-7-18(19)23/h6-7,14H,4-5,8-13,15H2,1-3H3,(H,24,25). The zero-order chi connectivity index (χ0) is 22.2. The Morgan fingerprint density at radius 3 is 2.65 bits per heavy atom. The maximum Gasteiger partial charge on any atom is 0.194 e. The van der Waals surface area contributed by atoms with Gasteiger partial charge in [-0.1, -0.05) is 0 Å². The summed E-state index contributed by atoms with van der Waals surface area (Å²) < 4.78 is 35.0. The lowest BCUT2D eigenvalue weighted by atomic mass is 10.2. The molecular formula is C21H31F2N7O. The zero-order valence-electron chi connectivity index (χ0n) is 18.4. The molecule has 31 heavy (non-hydrogen) atoms. The molecule has 0 saturated carbocycles. The summed E-state index contributed by atoms with van der Waals surface area (Å²) in [6, 6.07) is 3.56. The van der Waals surface area contributed by atoms with Crippen LogP contribution in [0.2, 0.25) is 0 Å². The Labute approximate surface area is 181 Å². The average Bonchev–Trinajstić information content (AvgIpc) is 3.10. The maximum absolute atomic E-state index is 14.1. The number of hydrogen-bond acceptors (Lipinski definition) is 5. The van der Waals surface area contributed by atoms with Crippen LogP contribution in [0.4, 0.5) is 14.5 Å². The summed E-state index contributed by atoms with van der Waals surface area (Å²) in [4.78, 5) is 8.76. The molecule has 0 aliphatic carbocycles. The minimum absolute atomic E-state index is 0.303. The third-order valence-corrected chi connectivity index (χ3v) is 5.33. The van der Waals surface area contributed by atoms with Crippen LogP contribution >= 0.6 is 0 Å². The smallest absolute Gasteiger partial charge is 0.194 e. The number of ether oxygens (including phenoxy) is 1. The van der Waals surface area contributed by atoms with Crippen molar-refractivity contribution in [2.45, 2.75) is 26.8 Å². The SMILES string of the molecule is CCOCCCNC(=NCc1nnc(C)n1C)N1CCN(c2cc(F)ccc2F)CC1. The zero-order valence-corrected chi connectivity index (χ0v) is 18.4. The number of nitrogens with one attached hydrogen (secondary N) is 1. The molecule has 2 aromatic rings. The molecule has 0 spiro atoms. The first-order valence-corrected chi connectivity index (χ1v) is 10.7. The molecule has 1 N–H and O–H groups in total. The molecule has 3 rings (SSSR count). The number of aryl methyl sites for hydroxylation is 1. The number of aromatic nitrogens is 3. The summed E-state index contributed by atoms with van der Waals surface area (Å²) in [6.07, 6.45) is 0.865. The van der Waals surface area contributed by atoms with E-state index in [-0.39, 0.29) is 0 Å². The van der Waals surface area contributed by atoms with Crippen LogP contribution in [0, 0.1) is 18.6 Å². The molecule has 0 amide bonds. The lowest BCUT2D eigenvalue weighted by Gasteiger charge is -2.37. The lowest BCUT2D eigenvalue weighted by molar-refractivity contribution is 0.145. The van der Waals surface area contributed by atoms with E-state index in [0.29, 0.717) is 51.6 Å². The highest BCUT2D eigenvalue weighted by Crippen LogP contribution is 2.22. The van der Waals surface area contributed by atoms with Crippen LogP contribution < -0.4 is 10.2 Å². The largest absolute Gasteiger partial charge is 0.382 e. The molecule has 1 aliphatic rings. The highest BCUT2D eigenvalue weighted by Gasteiger charge is 2.22. The number of halogens is 2. The van der Waals surface area contributed by atoms with Crippen LogP contribution in [-0.2, 0) is 18.3 Å². The van der Waals surface area contributed by atoms with Crippen molar-refractivity contribution in [2.24, 2.45) is 12.0 Å². The highest BCUT2D eigenvalue weighted by atomic mass is 19.1. The van der Waals surface area contributed by atoms with Crippen molar-refractivity contribution in [1.82, 2.24) is 25.0 Å². The van der Waals surface area contributed by atoms with E-state index in [4.69, 9.17) is 9.73 Å². The van der Waals surface area contributed by atoms with Crippen molar-refractivity contribution in [3.63, 3.8) is 0 Å². The highest BCUT2D eigenvalue weighted by molar-refractivity contribution is 5.80. The fourth-order valence-electron chi connectivity index (χ4n) is 3.41. The fraction of sp³-hybridized carbons (Fsp3) is 0.571. The molecule has 0 atom stereocenters. The van der Waals surface area contributed by atoms with E-state index in [2.05, 4.69) is 20.4 Å². The predicted molar refractivity (Wildman–Crippen MR) is 116 cm³/mol. The Kier molecular flexibility index (Phi) is 8.16. The number of hydrogen-bond donors (Lipinski definition) is 1. The molecule has 0 radical (unpaired) electrons. The minimum Gasteiger partial charge on any atom is -0.382 e. The minimum atomic E-state index is -0.434. The maximum atomic E-state index is 14.1. The molecule has 10 heteroatoms. The van der Waals surface area contributed by atoms with Crippen LogP contribution in [0.1, 0.15) is 25.0 Å². The summed E-state index contributed by atoms with van der Waals surface area (Å²) in [5, 5.41) is 11.7. The molecule has 1 fully saturated rings. The number of benzene rings is 1. The third-order valence-electron chi connectivity index (χ3n) is 5.33. The van der Waals surface area contributed by atoms with Gasteiger partial charge in [0.25, 0.3) is 0 Å². The average molecular weight is 436 g/mol. The second kappa shape index (κ2) is 11.0. The van der Waals surface area contributed by atoms with Gasteiger partial charge in [0, 0.05) is 59.1 Å². The van der Waals surface area contributed by atoms with E-state index in [1.54, 1.807) is 0 Å². The Bertz CT molecular complexity index is 879. The second-order valence-electron chi connectivity index (χ2n) is 7.41. The first-order chi connectivity index (χ1) is 15.0. The molecule has 0 bridgehead atoms. The van der Waals surface area contributed by atoms with Crippen molar-refractivity contribution in [2.75, 3.05) is 50.8 Å². The van der Waals surface area contributed by atoms with Crippen LogP contribution in [0.25, 0.3) is 0 Å².